The molecule has 0 saturated carbocycles. The maximum atomic E-state index is 12.8. The molecular weight excluding hydrogens is 444 g/mol. The maximum Gasteiger partial charge on any atom is 0.338 e. The summed E-state index contributed by atoms with van der Waals surface area (Å²) in [6.07, 6.45) is 0. The third kappa shape index (κ3) is 4.42. The van der Waals surface area contributed by atoms with E-state index in [-0.39, 0.29) is 29.6 Å². The van der Waals surface area contributed by atoms with Gasteiger partial charge in [0.1, 0.15) is 0 Å². The minimum atomic E-state index is -0.840. The van der Waals surface area contributed by atoms with Gasteiger partial charge in [-0.1, -0.05) is 6.07 Å². The first kappa shape index (κ1) is 22.8. The number of hydrogen-bond donors (Lipinski definition) is 0. The molecule has 0 spiro atoms. The number of nitro groups is 1. The maximum absolute atomic E-state index is 12.8. The van der Waals surface area contributed by atoms with Crippen LogP contribution in [0.15, 0.2) is 42.5 Å². The van der Waals surface area contributed by atoms with Crippen LogP contribution < -0.4 is 14.2 Å². The molecule has 0 bridgehead atoms. The average Bonchev–Trinajstić information content (AvgIpc) is 3.41. The van der Waals surface area contributed by atoms with Crippen molar-refractivity contribution in [2.45, 2.75) is 20.4 Å². The molecule has 3 aromatic rings. The van der Waals surface area contributed by atoms with Crippen molar-refractivity contribution in [1.82, 2.24) is 4.57 Å². The number of nitrogens with zero attached hydrogens (tertiary/aromatic N) is 2. The van der Waals surface area contributed by atoms with E-state index < -0.39 is 17.5 Å². The summed E-state index contributed by atoms with van der Waals surface area (Å²) in [4.78, 5) is 35.7. The molecule has 0 fully saturated rings. The minimum Gasteiger partial charge on any atom is -0.490 e. The van der Waals surface area contributed by atoms with Gasteiger partial charge in [0.15, 0.2) is 23.9 Å². The lowest BCUT2D eigenvalue weighted by molar-refractivity contribution is -0.385. The van der Waals surface area contributed by atoms with E-state index in [0.29, 0.717) is 23.6 Å². The Morgan fingerprint density at radius 3 is 2.59 bits per heavy atom. The van der Waals surface area contributed by atoms with E-state index in [2.05, 4.69) is 0 Å². The van der Waals surface area contributed by atoms with Crippen LogP contribution in [0.25, 0.3) is 0 Å². The number of carbonyl (C=O) groups excluding carboxylic acids is 2. The van der Waals surface area contributed by atoms with Crippen LogP contribution in [-0.2, 0) is 11.3 Å². The Labute approximate surface area is 194 Å². The van der Waals surface area contributed by atoms with E-state index in [0.717, 1.165) is 23.0 Å². The zero-order valence-corrected chi connectivity index (χ0v) is 18.8. The second-order valence-corrected chi connectivity index (χ2v) is 7.70. The summed E-state index contributed by atoms with van der Waals surface area (Å²) in [6, 6.07) is 11.1. The van der Waals surface area contributed by atoms with Crippen molar-refractivity contribution >= 4 is 17.4 Å². The standard InChI is InChI=1S/C24H22N2O8/c1-14-8-18(15(2)25(14)11-16-4-6-22-23(9-16)34-13-33-22)20(27)12-32-24(28)17-5-7-21(31-3)19(10-17)26(29)30/h4-10H,11-13H2,1-3H3. The molecule has 0 atom stereocenters. The van der Waals surface area contributed by atoms with Gasteiger partial charge in [0.05, 0.1) is 17.6 Å². The van der Waals surface area contributed by atoms with Crippen LogP contribution >= 0.6 is 0 Å². The lowest BCUT2D eigenvalue weighted by Crippen LogP contribution is -2.15. The Morgan fingerprint density at radius 2 is 1.85 bits per heavy atom. The molecular formula is C24H22N2O8. The number of carbonyl (C=O) groups is 2. The van der Waals surface area contributed by atoms with Crippen molar-refractivity contribution < 1.29 is 33.5 Å². The van der Waals surface area contributed by atoms with E-state index in [1.807, 2.05) is 36.6 Å². The summed E-state index contributed by atoms with van der Waals surface area (Å²) in [5.74, 6) is 0.189. The van der Waals surface area contributed by atoms with E-state index in [1.165, 1.54) is 19.2 Å². The second kappa shape index (κ2) is 9.26. The van der Waals surface area contributed by atoms with Crippen molar-refractivity contribution in [2.75, 3.05) is 20.5 Å². The highest BCUT2D eigenvalue weighted by Gasteiger charge is 2.22. The fourth-order valence-electron chi connectivity index (χ4n) is 3.80. The lowest BCUT2D eigenvalue weighted by Gasteiger charge is -2.11. The molecule has 2 aromatic carbocycles. The molecule has 2 heterocycles. The zero-order valence-electron chi connectivity index (χ0n) is 18.8. The van der Waals surface area contributed by atoms with E-state index in [4.69, 9.17) is 18.9 Å². The summed E-state index contributed by atoms with van der Waals surface area (Å²) < 4.78 is 22.8. The summed E-state index contributed by atoms with van der Waals surface area (Å²) >= 11 is 0. The van der Waals surface area contributed by atoms with Crippen molar-refractivity contribution in [1.29, 1.82) is 0 Å². The molecule has 0 aliphatic carbocycles. The molecule has 0 radical (unpaired) electrons. The normalized spacial score (nSPS) is 11.9. The largest absolute Gasteiger partial charge is 0.490 e. The Bertz CT molecular complexity index is 1290. The minimum absolute atomic E-state index is 0.0209. The number of ketones is 1. The fraction of sp³-hybridized carbons (Fsp3) is 0.250. The molecule has 34 heavy (non-hydrogen) atoms. The highest BCUT2D eigenvalue weighted by molar-refractivity contribution is 6.00. The number of aromatic nitrogens is 1. The van der Waals surface area contributed by atoms with Gasteiger partial charge in [-0.3, -0.25) is 14.9 Å². The molecule has 1 aromatic heterocycles. The monoisotopic (exact) mass is 466 g/mol. The zero-order chi connectivity index (χ0) is 24.4. The van der Waals surface area contributed by atoms with Crippen molar-refractivity contribution in [3.8, 4) is 17.2 Å². The van der Waals surface area contributed by atoms with Gasteiger partial charge in [0, 0.05) is 29.6 Å². The van der Waals surface area contributed by atoms with Gasteiger partial charge in [0.25, 0.3) is 0 Å². The average molecular weight is 466 g/mol. The fourth-order valence-corrected chi connectivity index (χ4v) is 3.80. The first-order chi connectivity index (χ1) is 16.3. The van der Waals surface area contributed by atoms with Crippen molar-refractivity contribution in [3.63, 3.8) is 0 Å². The number of fused-ring (bicyclic) bond motifs is 1. The molecule has 10 nitrogen and oxygen atoms in total. The Kier molecular flexibility index (Phi) is 6.22. The number of hydrogen-bond acceptors (Lipinski definition) is 8. The van der Waals surface area contributed by atoms with Crippen LogP contribution in [0.4, 0.5) is 5.69 Å². The van der Waals surface area contributed by atoms with Gasteiger partial charge in [-0.2, -0.15) is 0 Å². The highest BCUT2D eigenvalue weighted by Crippen LogP contribution is 2.33. The molecule has 0 unspecified atom stereocenters. The van der Waals surface area contributed by atoms with Gasteiger partial charge in [-0.05, 0) is 49.7 Å². The third-order valence-electron chi connectivity index (χ3n) is 5.60. The van der Waals surface area contributed by atoms with Crippen LogP contribution in [-0.4, -0.2) is 41.8 Å². The van der Waals surface area contributed by atoms with Crippen molar-refractivity contribution in [3.05, 3.63) is 80.7 Å². The van der Waals surface area contributed by atoms with Crippen LogP contribution in [0.3, 0.4) is 0 Å². The molecule has 1 aliphatic rings. The number of rotatable bonds is 8. The Balaban J connectivity index is 1.45. The van der Waals surface area contributed by atoms with Gasteiger partial charge >= 0.3 is 11.7 Å². The van der Waals surface area contributed by atoms with Gasteiger partial charge in [-0.15, -0.1) is 0 Å². The molecule has 4 rings (SSSR count). The number of nitro benzene ring substituents is 1. The lowest BCUT2D eigenvalue weighted by atomic mass is 10.1. The van der Waals surface area contributed by atoms with Gasteiger partial charge < -0.3 is 23.5 Å². The Morgan fingerprint density at radius 1 is 1.09 bits per heavy atom. The first-order valence-corrected chi connectivity index (χ1v) is 10.4. The van der Waals surface area contributed by atoms with E-state index in [1.54, 1.807) is 6.07 Å². The number of Topliss-reactive ketones (excluding diaryl/α,β-unsaturated/α-hetero) is 1. The quantitative estimate of drug-likeness (QED) is 0.213. The SMILES string of the molecule is COc1ccc(C(=O)OCC(=O)c2cc(C)n(Cc3ccc4c(c3)OCO4)c2C)cc1[N+](=O)[O-]. The molecule has 1 aliphatic heterocycles. The second-order valence-electron chi connectivity index (χ2n) is 7.70. The molecule has 0 saturated heterocycles. The van der Waals surface area contributed by atoms with Crippen LogP contribution in [0, 0.1) is 24.0 Å². The predicted octanol–water partition coefficient (Wildman–Crippen LogP) is 3.84. The number of methoxy groups -OCH3 is 1. The number of aryl methyl sites for hydroxylation is 1. The summed E-state index contributed by atoms with van der Waals surface area (Å²) in [7, 11) is 1.29. The summed E-state index contributed by atoms with van der Waals surface area (Å²) in [5, 5.41) is 11.2. The molecule has 0 amide bonds. The van der Waals surface area contributed by atoms with Gasteiger partial charge in [-0.25, -0.2) is 4.79 Å². The topological polar surface area (TPSA) is 119 Å². The van der Waals surface area contributed by atoms with E-state index >= 15 is 0 Å². The van der Waals surface area contributed by atoms with Gasteiger partial charge in [0.2, 0.25) is 12.6 Å². The van der Waals surface area contributed by atoms with E-state index in [9.17, 15) is 19.7 Å². The first-order valence-electron chi connectivity index (χ1n) is 10.4. The summed E-state index contributed by atoms with van der Waals surface area (Å²) in [6.45, 7) is 3.94. The molecule has 0 N–H and O–H groups in total. The van der Waals surface area contributed by atoms with Crippen LogP contribution in [0.2, 0.25) is 0 Å². The van der Waals surface area contributed by atoms with Crippen molar-refractivity contribution in [2.24, 2.45) is 0 Å². The number of esters is 1. The smallest absolute Gasteiger partial charge is 0.338 e. The molecule has 10 heteroatoms. The van der Waals surface area contributed by atoms with Crippen LogP contribution in [0.1, 0.15) is 37.7 Å². The number of benzene rings is 2. The predicted molar refractivity (Wildman–Crippen MR) is 120 cm³/mol. The third-order valence-corrected chi connectivity index (χ3v) is 5.60. The summed E-state index contributed by atoms with van der Waals surface area (Å²) in [5.41, 5.74) is 2.61. The molecule has 176 valence electrons. The Hall–Kier alpha value is -4.34. The van der Waals surface area contributed by atoms with Crippen LogP contribution in [0.5, 0.6) is 17.2 Å². The highest BCUT2D eigenvalue weighted by atomic mass is 16.7. The number of ether oxygens (including phenoxy) is 4.